The number of hydrogen-bond acceptors (Lipinski definition) is 2. The lowest BCUT2D eigenvalue weighted by molar-refractivity contribution is -0.141. The largest absolute Gasteiger partial charge is 0.481 e. The van der Waals surface area contributed by atoms with Gasteiger partial charge in [-0.2, -0.15) is 0 Å². The molecule has 0 saturated heterocycles. The minimum atomic E-state index is -0.874. The summed E-state index contributed by atoms with van der Waals surface area (Å²) in [5, 5.41) is 11.8. The summed E-state index contributed by atoms with van der Waals surface area (Å²) in [6, 6.07) is -0.171. The molecule has 1 rings (SSSR count). The number of urea groups is 1. The number of carbonyl (C=O) groups excluding carboxylic acids is 1. The Kier molecular flexibility index (Phi) is 5.63. The predicted molar refractivity (Wildman–Crippen MR) is 74.0 cm³/mol. The Balaban J connectivity index is 2.35. The van der Waals surface area contributed by atoms with Crippen molar-refractivity contribution in [2.75, 3.05) is 20.1 Å². The molecule has 1 saturated carbocycles. The maximum Gasteiger partial charge on any atom is 0.317 e. The maximum absolute atomic E-state index is 11.9. The summed E-state index contributed by atoms with van der Waals surface area (Å²) in [5.74, 6) is -1.41. The van der Waals surface area contributed by atoms with Gasteiger partial charge in [-0.25, -0.2) is 4.79 Å². The van der Waals surface area contributed by atoms with Crippen LogP contribution in [0.15, 0.2) is 0 Å². The van der Waals surface area contributed by atoms with E-state index in [-0.39, 0.29) is 12.6 Å². The Morgan fingerprint density at radius 1 is 1.42 bits per heavy atom. The molecule has 0 spiro atoms. The number of aliphatic carboxylic acids is 1. The highest BCUT2D eigenvalue weighted by Gasteiger charge is 2.36. The summed E-state index contributed by atoms with van der Waals surface area (Å²) >= 11 is 0. The van der Waals surface area contributed by atoms with Crippen molar-refractivity contribution >= 4 is 12.0 Å². The molecule has 0 aromatic carbocycles. The zero-order valence-electron chi connectivity index (χ0n) is 12.2. The molecular weight excluding hydrogens is 244 g/mol. The molecule has 2 amide bonds. The molecule has 110 valence electrons. The van der Waals surface area contributed by atoms with Crippen LogP contribution in [0.4, 0.5) is 4.79 Å². The lowest BCUT2D eigenvalue weighted by atomic mass is 9.66. The van der Waals surface area contributed by atoms with Gasteiger partial charge in [0.25, 0.3) is 0 Å². The normalized spacial score (nSPS) is 18.3. The number of carboxylic acids is 1. The molecule has 19 heavy (non-hydrogen) atoms. The highest BCUT2D eigenvalue weighted by Crippen LogP contribution is 2.44. The van der Waals surface area contributed by atoms with E-state index in [1.165, 1.54) is 24.2 Å². The van der Waals surface area contributed by atoms with Crippen LogP contribution in [-0.2, 0) is 4.79 Å². The molecule has 1 unspecified atom stereocenters. The van der Waals surface area contributed by atoms with Crippen LogP contribution in [0.3, 0.4) is 0 Å². The first-order valence-corrected chi connectivity index (χ1v) is 7.12. The molecule has 1 aliphatic carbocycles. The van der Waals surface area contributed by atoms with Gasteiger partial charge in [-0.05, 0) is 24.7 Å². The van der Waals surface area contributed by atoms with Crippen LogP contribution >= 0.6 is 0 Å². The third-order valence-corrected chi connectivity index (χ3v) is 4.13. The zero-order chi connectivity index (χ0) is 14.5. The highest BCUT2D eigenvalue weighted by molar-refractivity contribution is 5.75. The number of carboxylic acid groups (broad SMARTS) is 1. The molecule has 0 aliphatic heterocycles. The minimum Gasteiger partial charge on any atom is -0.481 e. The van der Waals surface area contributed by atoms with E-state index in [2.05, 4.69) is 12.2 Å². The number of carbonyl (C=O) groups is 2. The lowest BCUT2D eigenvalue weighted by Crippen LogP contribution is -2.47. The molecule has 0 aromatic rings. The van der Waals surface area contributed by atoms with Crippen LogP contribution in [0.25, 0.3) is 0 Å². The molecular formula is C14H26N2O3. The molecule has 5 heteroatoms. The summed E-state index contributed by atoms with van der Waals surface area (Å²) in [7, 11) is 1.64. The van der Waals surface area contributed by atoms with Gasteiger partial charge in [0, 0.05) is 20.1 Å². The summed E-state index contributed by atoms with van der Waals surface area (Å²) in [5.41, 5.74) is 0.295. The number of hydrogen-bond donors (Lipinski definition) is 2. The van der Waals surface area contributed by atoms with Crippen LogP contribution in [0, 0.1) is 11.3 Å². The van der Waals surface area contributed by atoms with Crippen LogP contribution in [-0.4, -0.2) is 42.1 Å². The van der Waals surface area contributed by atoms with Crippen molar-refractivity contribution in [1.82, 2.24) is 10.2 Å². The Morgan fingerprint density at radius 2 is 2.05 bits per heavy atom. The quantitative estimate of drug-likeness (QED) is 0.746. The van der Waals surface area contributed by atoms with E-state index >= 15 is 0 Å². The molecule has 0 heterocycles. The van der Waals surface area contributed by atoms with Gasteiger partial charge in [0.2, 0.25) is 0 Å². The number of amides is 2. The van der Waals surface area contributed by atoms with Gasteiger partial charge in [0.1, 0.15) is 0 Å². The predicted octanol–water partition coefficient (Wildman–Crippen LogP) is 2.32. The van der Waals surface area contributed by atoms with Gasteiger partial charge in [-0.1, -0.05) is 26.7 Å². The fourth-order valence-corrected chi connectivity index (χ4v) is 2.69. The molecule has 0 bridgehead atoms. The molecule has 5 nitrogen and oxygen atoms in total. The fraction of sp³-hybridized carbons (Fsp3) is 0.857. The van der Waals surface area contributed by atoms with Crippen molar-refractivity contribution < 1.29 is 14.7 Å². The fourth-order valence-electron chi connectivity index (χ4n) is 2.69. The second-order valence-electron chi connectivity index (χ2n) is 5.88. The average molecular weight is 270 g/mol. The van der Waals surface area contributed by atoms with Crippen LogP contribution in [0.2, 0.25) is 0 Å². The molecule has 2 N–H and O–H groups in total. The monoisotopic (exact) mass is 270 g/mol. The van der Waals surface area contributed by atoms with Gasteiger partial charge < -0.3 is 15.3 Å². The second kappa shape index (κ2) is 6.78. The Hall–Kier alpha value is -1.26. The van der Waals surface area contributed by atoms with Crippen LogP contribution < -0.4 is 5.32 Å². The Labute approximate surface area is 115 Å². The number of rotatable bonds is 7. The van der Waals surface area contributed by atoms with Crippen molar-refractivity contribution in [2.24, 2.45) is 11.3 Å². The highest BCUT2D eigenvalue weighted by atomic mass is 16.4. The first-order chi connectivity index (χ1) is 8.90. The van der Waals surface area contributed by atoms with Crippen LogP contribution in [0.1, 0.15) is 46.0 Å². The van der Waals surface area contributed by atoms with E-state index in [9.17, 15) is 9.59 Å². The average Bonchev–Trinajstić information content (AvgIpc) is 2.31. The summed E-state index contributed by atoms with van der Waals surface area (Å²) < 4.78 is 0. The van der Waals surface area contributed by atoms with Crippen molar-refractivity contribution in [3.8, 4) is 0 Å². The smallest absolute Gasteiger partial charge is 0.317 e. The zero-order valence-corrected chi connectivity index (χ0v) is 12.2. The third-order valence-electron chi connectivity index (χ3n) is 4.13. The van der Waals surface area contributed by atoms with Gasteiger partial charge in [-0.15, -0.1) is 0 Å². The minimum absolute atomic E-state index is 0.171. The Morgan fingerprint density at radius 3 is 2.47 bits per heavy atom. The molecule has 1 atom stereocenters. The van der Waals surface area contributed by atoms with Gasteiger partial charge in [0.05, 0.1) is 5.92 Å². The topological polar surface area (TPSA) is 69.6 Å². The SMILES string of the molecule is CCCC1(CNC(=O)N(C)CC(C)C(=O)O)CCC1. The maximum atomic E-state index is 11.9. The number of nitrogens with zero attached hydrogens (tertiary/aromatic N) is 1. The van der Waals surface area contributed by atoms with Gasteiger partial charge >= 0.3 is 12.0 Å². The molecule has 0 radical (unpaired) electrons. The van der Waals surface area contributed by atoms with E-state index in [1.54, 1.807) is 14.0 Å². The van der Waals surface area contributed by atoms with E-state index in [1.807, 2.05) is 0 Å². The van der Waals surface area contributed by atoms with Gasteiger partial charge in [-0.3, -0.25) is 4.79 Å². The first-order valence-electron chi connectivity index (χ1n) is 7.12. The van der Waals surface area contributed by atoms with Gasteiger partial charge in [0.15, 0.2) is 0 Å². The summed E-state index contributed by atoms with van der Waals surface area (Å²) in [6.07, 6.45) is 5.93. The standard InChI is InChI=1S/C14H26N2O3/c1-4-6-14(7-5-8-14)10-15-13(19)16(3)9-11(2)12(17)18/h11H,4-10H2,1-3H3,(H,15,19)(H,17,18). The third kappa shape index (κ3) is 4.40. The van der Waals surface area contributed by atoms with Crippen LogP contribution in [0.5, 0.6) is 0 Å². The van der Waals surface area contributed by atoms with E-state index in [0.717, 1.165) is 12.8 Å². The van der Waals surface area contributed by atoms with Crippen molar-refractivity contribution in [3.05, 3.63) is 0 Å². The van der Waals surface area contributed by atoms with Crippen molar-refractivity contribution in [2.45, 2.75) is 46.0 Å². The number of nitrogens with one attached hydrogen (secondary N) is 1. The molecule has 1 aliphatic rings. The van der Waals surface area contributed by atoms with Crippen molar-refractivity contribution in [3.63, 3.8) is 0 Å². The molecule has 1 fully saturated rings. The Bertz CT molecular complexity index is 327. The summed E-state index contributed by atoms with van der Waals surface area (Å²) in [4.78, 5) is 24.1. The van der Waals surface area contributed by atoms with Crippen molar-refractivity contribution in [1.29, 1.82) is 0 Å². The van der Waals surface area contributed by atoms with E-state index in [4.69, 9.17) is 5.11 Å². The first kappa shape index (κ1) is 15.8. The van der Waals surface area contributed by atoms with E-state index < -0.39 is 11.9 Å². The second-order valence-corrected chi connectivity index (χ2v) is 5.88. The lowest BCUT2D eigenvalue weighted by Gasteiger charge is -2.42. The van der Waals surface area contributed by atoms with E-state index in [0.29, 0.717) is 12.0 Å². The summed E-state index contributed by atoms with van der Waals surface area (Å²) in [6.45, 7) is 4.73. The molecule has 0 aromatic heterocycles.